The highest BCUT2D eigenvalue weighted by Crippen LogP contribution is 2.28. The lowest BCUT2D eigenvalue weighted by molar-refractivity contribution is -0.274. The average Bonchev–Trinajstić information content (AvgIpc) is 3.05. The van der Waals surface area contributed by atoms with Crippen molar-refractivity contribution in [1.29, 1.82) is 0 Å². The highest BCUT2D eigenvalue weighted by atomic mass is 35.6. The topological polar surface area (TPSA) is 125 Å². The third-order valence-corrected chi connectivity index (χ3v) is 8.24. The second-order valence-corrected chi connectivity index (χ2v) is 14.2. The normalized spacial score (nSPS) is 22.1. The molecule has 47 heavy (non-hydrogen) atoms. The summed E-state index contributed by atoms with van der Waals surface area (Å²) in [6.07, 6.45) is 8.45. The van der Waals surface area contributed by atoms with Gasteiger partial charge in [-0.15, -0.1) is 6.58 Å². The number of hydrogen-bond donors (Lipinski definition) is 3. The van der Waals surface area contributed by atoms with E-state index >= 15 is 0 Å². The molecule has 10 nitrogen and oxygen atoms in total. The minimum atomic E-state index is -1.81. The minimum absolute atomic E-state index is 0.0764. The zero-order chi connectivity index (χ0) is 34.5. The lowest BCUT2D eigenvalue weighted by atomic mass is 9.96. The number of aliphatic hydroxyl groups is 2. The van der Waals surface area contributed by atoms with Crippen LogP contribution in [0.25, 0.3) is 0 Å². The smallest absolute Gasteiger partial charge is 0.407 e. The largest absolute Gasteiger partial charge is 0.497 e. The average molecular weight is 727 g/mol. The van der Waals surface area contributed by atoms with Crippen LogP contribution in [-0.4, -0.2) is 90.4 Å². The summed E-state index contributed by atoms with van der Waals surface area (Å²) in [4.78, 5) is 12.6. The molecule has 3 N–H and O–H groups in total. The van der Waals surface area contributed by atoms with Gasteiger partial charge in [-0.3, -0.25) is 0 Å². The Labute approximate surface area is 295 Å². The second-order valence-electron chi connectivity index (χ2n) is 11.7. The molecule has 270 valence electrons. The van der Waals surface area contributed by atoms with Crippen LogP contribution in [0.3, 0.4) is 0 Å². The fourth-order valence-corrected chi connectivity index (χ4v) is 5.48. The number of hydrogen-bond acceptors (Lipinski definition) is 9. The van der Waals surface area contributed by atoms with Crippen molar-refractivity contribution in [2.45, 2.75) is 125 Å². The minimum Gasteiger partial charge on any atom is -0.497 e. The maximum Gasteiger partial charge on any atom is 0.407 e. The number of halogens is 3. The molecule has 0 bridgehead atoms. The van der Waals surface area contributed by atoms with Gasteiger partial charge in [0, 0.05) is 6.61 Å². The van der Waals surface area contributed by atoms with Crippen LogP contribution >= 0.6 is 34.8 Å². The highest BCUT2D eigenvalue weighted by molar-refractivity contribution is 6.67. The van der Waals surface area contributed by atoms with E-state index in [1.165, 1.54) is 51.0 Å². The van der Waals surface area contributed by atoms with E-state index in [4.69, 9.17) is 63.2 Å². The van der Waals surface area contributed by atoms with E-state index in [1.54, 1.807) is 7.11 Å². The molecule has 0 radical (unpaired) electrons. The van der Waals surface area contributed by atoms with Crippen LogP contribution in [0.5, 0.6) is 5.75 Å². The van der Waals surface area contributed by atoms with Crippen molar-refractivity contribution < 1.29 is 43.4 Å². The first kappa shape index (κ1) is 41.8. The van der Waals surface area contributed by atoms with E-state index in [-0.39, 0.29) is 19.3 Å². The van der Waals surface area contributed by atoms with Crippen LogP contribution in [-0.2, 0) is 30.3 Å². The zero-order valence-electron chi connectivity index (χ0n) is 27.8. The summed E-state index contributed by atoms with van der Waals surface area (Å²) in [6, 6.07) is 6.72. The summed E-state index contributed by atoms with van der Waals surface area (Å²) in [6.45, 7) is 5.57. The summed E-state index contributed by atoms with van der Waals surface area (Å²) in [5.41, 5.74) is 1.02. The summed E-state index contributed by atoms with van der Waals surface area (Å²) < 4.78 is 32.5. The molecule has 1 aromatic carbocycles. The van der Waals surface area contributed by atoms with E-state index in [1.807, 2.05) is 24.3 Å². The molecule has 1 aliphatic heterocycles. The van der Waals surface area contributed by atoms with Gasteiger partial charge in [0.25, 0.3) is 0 Å². The van der Waals surface area contributed by atoms with Crippen molar-refractivity contribution in [2.75, 3.05) is 33.5 Å². The first-order chi connectivity index (χ1) is 22.6. The second kappa shape index (κ2) is 23.9. The lowest BCUT2D eigenvalue weighted by Gasteiger charge is -2.44. The third-order valence-electron chi connectivity index (χ3n) is 7.91. The van der Waals surface area contributed by atoms with E-state index in [2.05, 4.69) is 18.8 Å². The number of amides is 1. The number of alkyl carbamates (subject to hydrolysis) is 1. The first-order valence-electron chi connectivity index (χ1n) is 16.6. The molecule has 1 aromatic rings. The van der Waals surface area contributed by atoms with E-state index in [0.29, 0.717) is 13.0 Å². The van der Waals surface area contributed by atoms with Crippen molar-refractivity contribution >= 4 is 40.9 Å². The van der Waals surface area contributed by atoms with Crippen LogP contribution in [0.15, 0.2) is 36.9 Å². The molecule has 13 heteroatoms. The monoisotopic (exact) mass is 725 g/mol. The van der Waals surface area contributed by atoms with Gasteiger partial charge in [-0.25, -0.2) is 4.79 Å². The van der Waals surface area contributed by atoms with Crippen LogP contribution in [0, 0.1) is 0 Å². The Hall–Kier alpha value is -1.34. The molecular weight excluding hydrogens is 673 g/mol. The van der Waals surface area contributed by atoms with Crippen molar-refractivity contribution in [3.8, 4) is 5.75 Å². The molecule has 0 spiro atoms. The SMILES string of the molecule is C=CCO[C@H]1O[C@H](CO)[C@@H](O)[C@H](OCC[C@H](CCCCCCCCCCC)OCc2ccc(OC)cc2)[C@@H]1NC(=O)OCC(Cl)(Cl)Cl. The zero-order valence-corrected chi connectivity index (χ0v) is 30.0. The maximum absolute atomic E-state index is 12.6. The number of unbranched alkanes of at least 4 members (excludes halogenated alkanes) is 8. The van der Waals surface area contributed by atoms with Gasteiger partial charge in [-0.2, -0.15) is 0 Å². The molecule has 1 saturated heterocycles. The summed E-state index contributed by atoms with van der Waals surface area (Å²) in [7, 11) is 1.63. The Morgan fingerprint density at radius 1 is 1.04 bits per heavy atom. The van der Waals surface area contributed by atoms with Crippen molar-refractivity contribution in [3.05, 3.63) is 42.5 Å². The molecular formula is C34H54Cl3NO9. The molecule has 0 aromatic heterocycles. The van der Waals surface area contributed by atoms with Gasteiger partial charge in [0.15, 0.2) is 6.29 Å². The number of rotatable bonds is 24. The van der Waals surface area contributed by atoms with Gasteiger partial charge in [0.1, 0.15) is 36.7 Å². The molecule has 0 unspecified atom stereocenters. The van der Waals surface area contributed by atoms with Gasteiger partial charge < -0.3 is 44.0 Å². The number of benzene rings is 1. The Bertz CT molecular complexity index is 983. The fourth-order valence-electron chi connectivity index (χ4n) is 5.32. The van der Waals surface area contributed by atoms with Crippen molar-refractivity contribution in [3.63, 3.8) is 0 Å². The molecule has 1 fully saturated rings. The maximum atomic E-state index is 12.6. The molecule has 1 heterocycles. The Balaban J connectivity index is 2.05. The predicted octanol–water partition coefficient (Wildman–Crippen LogP) is 7.02. The van der Waals surface area contributed by atoms with Gasteiger partial charge in [0.2, 0.25) is 3.79 Å². The van der Waals surface area contributed by atoms with Crippen LogP contribution in [0.2, 0.25) is 0 Å². The predicted molar refractivity (Wildman–Crippen MR) is 184 cm³/mol. The molecule has 1 aliphatic rings. The summed E-state index contributed by atoms with van der Waals surface area (Å²) in [5.74, 6) is 0.777. The van der Waals surface area contributed by atoms with Gasteiger partial charge in [-0.1, -0.05) is 118 Å². The van der Waals surface area contributed by atoms with Crippen molar-refractivity contribution in [2.24, 2.45) is 0 Å². The standard InChI is InChI=1S/C34H54Cl3NO9/c1-4-6-7-8-9-10-11-12-13-14-27(45-23-25-15-17-26(42-3)18-16-25)19-21-43-31-29(38-33(41)46-24-34(35,36)37)32(44-20-5-2)47-28(22-39)30(31)40/h5,15-18,27-32,39-40H,2,4,6-14,19-24H2,1,3H3,(H,38,41)/t27-,28+,29-,30+,31+,32-/m0/s1. The Kier molecular flexibility index (Phi) is 21.3. The summed E-state index contributed by atoms with van der Waals surface area (Å²) in [5, 5.41) is 23.6. The number of methoxy groups -OCH3 is 1. The summed E-state index contributed by atoms with van der Waals surface area (Å²) >= 11 is 17.2. The van der Waals surface area contributed by atoms with E-state index < -0.39 is 53.7 Å². The molecule has 1 amide bonds. The Morgan fingerprint density at radius 3 is 2.30 bits per heavy atom. The number of ether oxygens (including phenoxy) is 6. The highest BCUT2D eigenvalue weighted by Gasteiger charge is 2.47. The lowest BCUT2D eigenvalue weighted by Crippen LogP contribution is -2.65. The molecule has 6 atom stereocenters. The molecule has 0 aliphatic carbocycles. The van der Waals surface area contributed by atoms with E-state index in [0.717, 1.165) is 30.6 Å². The van der Waals surface area contributed by atoms with Crippen LogP contribution < -0.4 is 10.1 Å². The molecule has 2 rings (SSSR count). The van der Waals surface area contributed by atoms with Crippen molar-refractivity contribution in [1.82, 2.24) is 5.32 Å². The van der Waals surface area contributed by atoms with Gasteiger partial charge >= 0.3 is 6.09 Å². The first-order valence-corrected chi connectivity index (χ1v) is 17.8. The Morgan fingerprint density at radius 2 is 1.70 bits per heavy atom. The van der Waals surface area contributed by atoms with Gasteiger partial charge in [-0.05, 0) is 30.5 Å². The quantitative estimate of drug-likeness (QED) is 0.0586. The van der Waals surface area contributed by atoms with E-state index in [9.17, 15) is 15.0 Å². The van der Waals surface area contributed by atoms with Crippen LogP contribution in [0.4, 0.5) is 4.79 Å². The van der Waals surface area contributed by atoms with Gasteiger partial charge in [0.05, 0.1) is 33.0 Å². The fraction of sp³-hybridized carbons (Fsp3) is 0.735. The number of aliphatic hydroxyl groups excluding tert-OH is 2. The molecule has 0 saturated carbocycles. The number of carbonyl (C=O) groups is 1. The third kappa shape index (κ3) is 17.2. The number of alkyl halides is 3. The number of nitrogens with one attached hydrogen (secondary N) is 1. The van der Waals surface area contributed by atoms with Crippen LogP contribution in [0.1, 0.15) is 83.1 Å². The number of carbonyl (C=O) groups excluding carboxylic acids is 1.